The molecule has 1 aliphatic rings. The third-order valence-corrected chi connectivity index (χ3v) is 3.58. The fourth-order valence-corrected chi connectivity index (χ4v) is 2.64. The van der Waals surface area contributed by atoms with Gasteiger partial charge < -0.3 is 10.6 Å². The molecule has 0 saturated carbocycles. The minimum Gasteiger partial charge on any atom is -0.367 e. The molecule has 17 heavy (non-hydrogen) atoms. The number of anilines is 1. The Morgan fingerprint density at radius 2 is 2.29 bits per heavy atom. The molecule has 3 nitrogen and oxygen atoms in total. The number of aryl methyl sites for hydroxylation is 1. The van der Waals surface area contributed by atoms with Crippen molar-refractivity contribution in [1.82, 2.24) is 0 Å². The van der Waals surface area contributed by atoms with Crippen LogP contribution in [0.15, 0.2) is 18.2 Å². The van der Waals surface area contributed by atoms with Crippen LogP contribution in [0, 0.1) is 24.2 Å². The average Bonchev–Trinajstić information content (AvgIpc) is 2.70. The number of rotatable bonds is 2. The maximum atomic E-state index is 9.21. The second-order valence-corrected chi connectivity index (χ2v) is 4.97. The van der Waals surface area contributed by atoms with Crippen LogP contribution in [0.4, 0.5) is 5.69 Å². The van der Waals surface area contributed by atoms with Crippen molar-refractivity contribution in [2.75, 3.05) is 18.0 Å². The fourth-order valence-electron chi connectivity index (χ4n) is 2.64. The molecule has 2 N–H and O–H groups in total. The SMILES string of the molecule is Cc1ccc(N2CC(CN)CC2C)c(C#N)c1. The number of nitrogens with two attached hydrogens (primary N) is 1. The van der Waals surface area contributed by atoms with Crippen LogP contribution >= 0.6 is 0 Å². The van der Waals surface area contributed by atoms with Crippen molar-refractivity contribution in [2.24, 2.45) is 11.7 Å². The summed E-state index contributed by atoms with van der Waals surface area (Å²) in [7, 11) is 0. The molecule has 90 valence electrons. The summed E-state index contributed by atoms with van der Waals surface area (Å²) in [5.41, 5.74) is 8.70. The molecule has 0 spiro atoms. The monoisotopic (exact) mass is 229 g/mol. The molecule has 2 unspecified atom stereocenters. The number of nitrogens with zero attached hydrogens (tertiary/aromatic N) is 2. The van der Waals surface area contributed by atoms with Gasteiger partial charge in [0.2, 0.25) is 0 Å². The summed E-state index contributed by atoms with van der Waals surface area (Å²) in [5.74, 6) is 0.554. The van der Waals surface area contributed by atoms with E-state index in [1.54, 1.807) is 0 Å². The van der Waals surface area contributed by atoms with Crippen molar-refractivity contribution < 1.29 is 0 Å². The predicted molar refractivity (Wildman–Crippen MR) is 69.9 cm³/mol. The van der Waals surface area contributed by atoms with E-state index in [9.17, 15) is 5.26 Å². The molecule has 1 aromatic carbocycles. The third-order valence-electron chi connectivity index (χ3n) is 3.58. The van der Waals surface area contributed by atoms with Crippen LogP contribution in [-0.2, 0) is 0 Å². The van der Waals surface area contributed by atoms with Gasteiger partial charge >= 0.3 is 0 Å². The zero-order valence-corrected chi connectivity index (χ0v) is 10.5. The highest BCUT2D eigenvalue weighted by Gasteiger charge is 2.29. The number of benzene rings is 1. The number of hydrogen-bond acceptors (Lipinski definition) is 3. The van der Waals surface area contributed by atoms with Crippen molar-refractivity contribution in [3.05, 3.63) is 29.3 Å². The summed E-state index contributed by atoms with van der Waals surface area (Å²) < 4.78 is 0. The molecule has 3 heteroatoms. The van der Waals surface area contributed by atoms with Gasteiger partial charge in [0.1, 0.15) is 6.07 Å². The van der Waals surface area contributed by atoms with E-state index >= 15 is 0 Å². The van der Waals surface area contributed by atoms with Crippen LogP contribution in [-0.4, -0.2) is 19.1 Å². The van der Waals surface area contributed by atoms with Crippen molar-refractivity contribution >= 4 is 5.69 Å². The Labute approximate surface area is 103 Å². The molecular weight excluding hydrogens is 210 g/mol. The van der Waals surface area contributed by atoms with E-state index < -0.39 is 0 Å². The third kappa shape index (κ3) is 2.27. The Morgan fingerprint density at radius 1 is 1.53 bits per heavy atom. The summed E-state index contributed by atoms with van der Waals surface area (Å²) >= 11 is 0. The first kappa shape index (κ1) is 11.9. The van der Waals surface area contributed by atoms with Gasteiger partial charge in [0.05, 0.1) is 11.3 Å². The van der Waals surface area contributed by atoms with Crippen molar-refractivity contribution in [2.45, 2.75) is 26.3 Å². The van der Waals surface area contributed by atoms with Crippen LogP contribution in [0.25, 0.3) is 0 Å². The molecule has 0 radical (unpaired) electrons. The molecule has 1 aromatic rings. The van der Waals surface area contributed by atoms with Gasteiger partial charge in [0.15, 0.2) is 0 Å². The highest BCUT2D eigenvalue weighted by atomic mass is 15.2. The summed E-state index contributed by atoms with van der Waals surface area (Å²) in [6, 6.07) is 8.85. The Hall–Kier alpha value is -1.53. The van der Waals surface area contributed by atoms with Gasteiger partial charge in [-0.15, -0.1) is 0 Å². The molecule has 1 heterocycles. The molecule has 1 aliphatic heterocycles. The van der Waals surface area contributed by atoms with Crippen molar-refractivity contribution in [3.8, 4) is 6.07 Å². The van der Waals surface area contributed by atoms with Gasteiger partial charge in [0.25, 0.3) is 0 Å². The minimum absolute atomic E-state index is 0.471. The highest BCUT2D eigenvalue weighted by molar-refractivity contribution is 5.61. The topological polar surface area (TPSA) is 53.0 Å². The largest absolute Gasteiger partial charge is 0.367 e. The zero-order chi connectivity index (χ0) is 12.4. The van der Waals surface area contributed by atoms with Gasteiger partial charge in [-0.25, -0.2) is 0 Å². The molecule has 1 fully saturated rings. The van der Waals surface area contributed by atoms with E-state index in [4.69, 9.17) is 5.73 Å². The van der Waals surface area contributed by atoms with E-state index in [2.05, 4.69) is 30.0 Å². The van der Waals surface area contributed by atoms with Crippen LogP contribution < -0.4 is 10.6 Å². The van der Waals surface area contributed by atoms with Gasteiger partial charge in [0, 0.05) is 12.6 Å². The fraction of sp³-hybridized carbons (Fsp3) is 0.500. The standard InChI is InChI=1S/C14H19N3/c1-10-3-4-14(13(5-10)8-16)17-9-12(7-15)6-11(17)2/h3-5,11-12H,6-7,9,15H2,1-2H3. The van der Waals surface area contributed by atoms with Crippen molar-refractivity contribution in [3.63, 3.8) is 0 Å². The summed E-state index contributed by atoms with van der Waals surface area (Å²) in [6.45, 7) is 5.92. The minimum atomic E-state index is 0.471. The summed E-state index contributed by atoms with van der Waals surface area (Å²) in [4.78, 5) is 2.32. The average molecular weight is 229 g/mol. The van der Waals surface area contributed by atoms with E-state index in [-0.39, 0.29) is 0 Å². The molecule has 0 bridgehead atoms. The van der Waals surface area contributed by atoms with Crippen molar-refractivity contribution in [1.29, 1.82) is 5.26 Å². The quantitative estimate of drug-likeness (QED) is 0.844. The van der Waals surface area contributed by atoms with Crippen LogP contribution in [0.3, 0.4) is 0 Å². The zero-order valence-electron chi connectivity index (χ0n) is 10.5. The van der Waals surface area contributed by atoms with E-state index in [0.29, 0.717) is 12.0 Å². The number of hydrogen-bond donors (Lipinski definition) is 1. The lowest BCUT2D eigenvalue weighted by Crippen LogP contribution is -2.28. The smallest absolute Gasteiger partial charge is 0.101 e. The molecule has 1 saturated heterocycles. The Kier molecular flexibility index (Phi) is 3.35. The second-order valence-electron chi connectivity index (χ2n) is 4.97. The van der Waals surface area contributed by atoms with Crippen LogP contribution in [0.1, 0.15) is 24.5 Å². The first-order valence-corrected chi connectivity index (χ1v) is 6.13. The first-order valence-electron chi connectivity index (χ1n) is 6.13. The number of nitriles is 1. The van der Waals surface area contributed by atoms with E-state index in [0.717, 1.165) is 36.3 Å². The van der Waals surface area contributed by atoms with Gasteiger partial charge in [-0.3, -0.25) is 0 Å². The van der Waals surface area contributed by atoms with Crippen LogP contribution in [0.5, 0.6) is 0 Å². The molecular formula is C14H19N3. The molecule has 0 amide bonds. The summed E-state index contributed by atoms with van der Waals surface area (Å²) in [5, 5.41) is 9.21. The lowest BCUT2D eigenvalue weighted by atomic mass is 10.1. The first-order chi connectivity index (χ1) is 8.15. The molecule has 0 aliphatic carbocycles. The maximum Gasteiger partial charge on any atom is 0.101 e. The molecule has 0 aromatic heterocycles. The van der Waals surface area contributed by atoms with Gasteiger partial charge in [-0.05, 0) is 50.4 Å². The van der Waals surface area contributed by atoms with E-state index in [1.165, 1.54) is 0 Å². The maximum absolute atomic E-state index is 9.21. The van der Waals surface area contributed by atoms with E-state index in [1.807, 2.05) is 13.0 Å². The Morgan fingerprint density at radius 3 is 2.88 bits per heavy atom. The predicted octanol–water partition coefficient (Wildman–Crippen LogP) is 2.04. The highest BCUT2D eigenvalue weighted by Crippen LogP contribution is 2.31. The van der Waals surface area contributed by atoms with Gasteiger partial charge in [-0.1, -0.05) is 6.07 Å². The lowest BCUT2D eigenvalue weighted by Gasteiger charge is -2.25. The van der Waals surface area contributed by atoms with Crippen LogP contribution in [0.2, 0.25) is 0 Å². The lowest BCUT2D eigenvalue weighted by molar-refractivity contribution is 0.579. The summed E-state index contributed by atoms with van der Waals surface area (Å²) in [6.07, 6.45) is 1.12. The Bertz CT molecular complexity index is 447. The molecule has 2 atom stereocenters. The second kappa shape index (κ2) is 4.77. The molecule has 2 rings (SSSR count). The Balaban J connectivity index is 2.32. The normalized spacial score (nSPS) is 23.8. The van der Waals surface area contributed by atoms with Gasteiger partial charge in [-0.2, -0.15) is 5.26 Å².